The Morgan fingerprint density at radius 2 is 1.94 bits per heavy atom. The standard InChI is InChI=1S/C14H28N2O/c1-11(8-6-10-14(3,4)16)7-5-9-12(2)13(15)17/h9,11H,5-8,10,16H2,1-4H3,(H2,15,17)/b12-9+. The minimum absolute atomic E-state index is 0.0534. The van der Waals surface area contributed by atoms with Gasteiger partial charge in [-0.25, -0.2) is 0 Å². The van der Waals surface area contributed by atoms with Gasteiger partial charge < -0.3 is 11.5 Å². The molecule has 0 aliphatic heterocycles. The van der Waals surface area contributed by atoms with Gasteiger partial charge in [-0.1, -0.05) is 25.8 Å². The fourth-order valence-electron chi connectivity index (χ4n) is 1.74. The average Bonchev–Trinajstić information content (AvgIpc) is 2.15. The first kappa shape index (κ1) is 16.2. The van der Waals surface area contributed by atoms with Crippen LogP contribution in [0.15, 0.2) is 11.6 Å². The molecule has 1 unspecified atom stereocenters. The number of nitrogens with two attached hydrogens (primary N) is 2. The van der Waals surface area contributed by atoms with Crippen LogP contribution in [0.25, 0.3) is 0 Å². The maximum absolute atomic E-state index is 10.8. The molecule has 0 aromatic heterocycles. The molecule has 0 aliphatic carbocycles. The first-order valence-corrected chi connectivity index (χ1v) is 6.48. The second-order valence-corrected chi connectivity index (χ2v) is 5.81. The van der Waals surface area contributed by atoms with Gasteiger partial charge in [0, 0.05) is 11.1 Å². The second-order valence-electron chi connectivity index (χ2n) is 5.81. The van der Waals surface area contributed by atoms with E-state index in [9.17, 15) is 4.79 Å². The van der Waals surface area contributed by atoms with Crippen molar-refractivity contribution >= 4 is 5.91 Å². The van der Waals surface area contributed by atoms with Crippen LogP contribution in [0.4, 0.5) is 0 Å². The van der Waals surface area contributed by atoms with Crippen LogP contribution in [-0.2, 0) is 4.79 Å². The maximum Gasteiger partial charge on any atom is 0.244 e. The Morgan fingerprint density at radius 3 is 2.41 bits per heavy atom. The fraction of sp³-hybridized carbons (Fsp3) is 0.786. The molecule has 0 radical (unpaired) electrons. The summed E-state index contributed by atoms with van der Waals surface area (Å²) in [5.74, 6) is 0.358. The van der Waals surface area contributed by atoms with Crippen molar-refractivity contribution in [1.29, 1.82) is 0 Å². The summed E-state index contributed by atoms with van der Waals surface area (Å²) in [6.45, 7) is 8.15. The molecule has 0 fully saturated rings. The summed E-state index contributed by atoms with van der Waals surface area (Å²) in [6.07, 6.45) is 7.41. The van der Waals surface area contributed by atoms with Crippen molar-refractivity contribution in [2.75, 3.05) is 0 Å². The summed E-state index contributed by atoms with van der Waals surface area (Å²) in [6, 6.07) is 0. The van der Waals surface area contributed by atoms with E-state index < -0.39 is 0 Å². The third-order valence-electron chi connectivity index (χ3n) is 3.02. The highest BCUT2D eigenvalue weighted by atomic mass is 16.1. The highest BCUT2D eigenvalue weighted by Gasteiger charge is 2.11. The molecule has 0 rings (SSSR count). The minimum atomic E-state index is -0.317. The van der Waals surface area contributed by atoms with Crippen LogP contribution < -0.4 is 11.5 Å². The summed E-state index contributed by atoms with van der Waals surface area (Å²) in [5.41, 5.74) is 11.7. The molecule has 0 heterocycles. The Labute approximate surface area is 106 Å². The SMILES string of the molecule is C/C(=C\CCC(C)CCCC(C)(C)N)C(N)=O. The molecule has 4 N–H and O–H groups in total. The van der Waals surface area contributed by atoms with E-state index >= 15 is 0 Å². The van der Waals surface area contributed by atoms with Crippen LogP contribution in [0, 0.1) is 5.92 Å². The Hall–Kier alpha value is -0.830. The second kappa shape index (κ2) is 7.49. The first-order chi connectivity index (χ1) is 7.72. The first-order valence-electron chi connectivity index (χ1n) is 6.48. The lowest BCUT2D eigenvalue weighted by Gasteiger charge is -2.19. The number of amides is 1. The monoisotopic (exact) mass is 240 g/mol. The van der Waals surface area contributed by atoms with E-state index in [-0.39, 0.29) is 11.4 Å². The highest BCUT2D eigenvalue weighted by Crippen LogP contribution is 2.18. The number of primary amides is 1. The molecule has 0 saturated carbocycles. The van der Waals surface area contributed by atoms with Gasteiger partial charge in [-0.15, -0.1) is 0 Å². The summed E-state index contributed by atoms with van der Waals surface area (Å²) < 4.78 is 0. The van der Waals surface area contributed by atoms with Gasteiger partial charge in [0.1, 0.15) is 0 Å². The molecule has 17 heavy (non-hydrogen) atoms. The Kier molecular flexibility index (Phi) is 7.12. The van der Waals surface area contributed by atoms with Crippen molar-refractivity contribution in [2.24, 2.45) is 17.4 Å². The molecule has 0 spiro atoms. The van der Waals surface area contributed by atoms with Crippen molar-refractivity contribution < 1.29 is 4.79 Å². The van der Waals surface area contributed by atoms with Crippen molar-refractivity contribution in [3.63, 3.8) is 0 Å². The van der Waals surface area contributed by atoms with Gasteiger partial charge in [0.15, 0.2) is 0 Å². The largest absolute Gasteiger partial charge is 0.366 e. The molecular formula is C14H28N2O. The quantitative estimate of drug-likeness (QED) is 0.640. The molecule has 3 nitrogen and oxygen atoms in total. The van der Waals surface area contributed by atoms with E-state index in [0.717, 1.165) is 19.3 Å². The molecule has 0 aromatic carbocycles. The van der Waals surface area contributed by atoms with Crippen molar-refractivity contribution in [3.8, 4) is 0 Å². The van der Waals surface area contributed by atoms with Gasteiger partial charge in [0.05, 0.1) is 0 Å². The predicted octanol–water partition coefficient (Wildman–Crippen LogP) is 2.74. The average molecular weight is 240 g/mol. The molecule has 1 atom stereocenters. The smallest absolute Gasteiger partial charge is 0.244 e. The van der Waals surface area contributed by atoms with Crippen LogP contribution >= 0.6 is 0 Å². The van der Waals surface area contributed by atoms with Crippen LogP contribution in [-0.4, -0.2) is 11.4 Å². The van der Waals surface area contributed by atoms with Crippen LogP contribution in [0.1, 0.15) is 59.8 Å². The molecule has 0 saturated heterocycles. The Balaban J connectivity index is 3.71. The van der Waals surface area contributed by atoms with Crippen molar-refractivity contribution in [2.45, 2.75) is 65.3 Å². The van der Waals surface area contributed by atoms with Gasteiger partial charge in [-0.05, 0) is 46.0 Å². The van der Waals surface area contributed by atoms with Gasteiger partial charge in [-0.2, -0.15) is 0 Å². The van der Waals surface area contributed by atoms with Gasteiger partial charge in [0.2, 0.25) is 5.91 Å². The van der Waals surface area contributed by atoms with Gasteiger partial charge >= 0.3 is 0 Å². The van der Waals surface area contributed by atoms with Gasteiger partial charge in [-0.3, -0.25) is 4.79 Å². The number of carbonyl (C=O) groups is 1. The van der Waals surface area contributed by atoms with Crippen LogP contribution in [0.3, 0.4) is 0 Å². The number of rotatable bonds is 8. The zero-order valence-corrected chi connectivity index (χ0v) is 11.8. The fourth-order valence-corrected chi connectivity index (χ4v) is 1.74. The molecule has 3 heteroatoms. The number of allylic oxidation sites excluding steroid dienone is 1. The van der Waals surface area contributed by atoms with E-state index in [1.807, 2.05) is 6.08 Å². The highest BCUT2D eigenvalue weighted by molar-refractivity contribution is 5.91. The van der Waals surface area contributed by atoms with Crippen LogP contribution in [0.5, 0.6) is 0 Å². The molecule has 0 aromatic rings. The van der Waals surface area contributed by atoms with Crippen molar-refractivity contribution in [1.82, 2.24) is 0 Å². The zero-order chi connectivity index (χ0) is 13.5. The number of carbonyl (C=O) groups excluding carboxylic acids is 1. The molecule has 1 amide bonds. The summed E-state index contributed by atoms with van der Waals surface area (Å²) >= 11 is 0. The molecular weight excluding hydrogens is 212 g/mol. The Morgan fingerprint density at radius 1 is 1.35 bits per heavy atom. The lowest BCUT2D eigenvalue weighted by molar-refractivity contribution is -0.114. The molecule has 0 aliphatic rings. The third kappa shape index (κ3) is 10.1. The summed E-state index contributed by atoms with van der Waals surface area (Å²) in [5, 5.41) is 0. The van der Waals surface area contributed by atoms with E-state index in [1.54, 1.807) is 6.92 Å². The zero-order valence-electron chi connectivity index (χ0n) is 11.8. The topological polar surface area (TPSA) is 69.1 Å². The lowest BCUT2D eigenvalue weighted by atomic mass is 9.93. The van der Waals surface area contributed by atoms with Gasteiger partial charge in [0.25, 0.3) is 0 Å². The van der Waals surface area contributed by atoms with E-state index in [4.69, 9.17) is 11.5 Å². The lowest BCUT2D eigenvalue weighted by Crippen LogP contribution is -2.31. The van der Waals surface area contributed by atoms with E-state index in [0.29, 0.717) is 11.5 Å². The molecule has 100 valence electrons. The summed E-state index contributed by atoms with van der Waals surface area (Å²) in [7, 11) is 0. The predicted molar refractivity (Wildman–Crippen MR) is 73.5 cm³/mol. The molecule has 0 bridgehead atoms. The van der Waals surface area contributed by atoms with Crippen LogP contribution in [0.2, 0.25) is 0 Å². The van der Waals surface area contributed by atoms with E-state index in [2.05, 4.69) is 20.8 Å². The number of hydrogen-bond donors (Lipinski definition) is 2. The van der Waals surface area contributed by atoms with Crippen molar-refractivity contribution in [3.05, 3.63) is 11.6 Å². The normalized spacial score (nSPS) is 14.8. The number of hydrogen-bond acceptors (Lipinski definition) is 2. The third-order valence-corrected chi connectivity index (χ3v) is 3.02. The Bertz CT molecular complexity index is 264. The minimum Gasteiger partial charge on any atom is -0.366 e. The maximum atomic E-state index is 10.8. The van der Waals surface area contributed by atoms with E-state index in [1.165, 1.54) is 12.8 Å². The summed E-state index contributed by atoms with van der Waals surface area (Å²) in [4.78, 5) is 10.8.